The van der Waals surface area contributed by atoms with Crippen LogP contribution in [-0.4, -0.2) is 42.7 Å². The highest BCUT2D eigenvalue weighted by Crippen LogP contribution is 2.14. The maximum atomic E-state index is 12.1. The monoisotopic (exact) mass is 331 g/mol. The number of nitrogens with zero attached hydrogens (tertiary/aromatic N) is 4. The first-order chi connectivity index (χ1) is 11.3. The summed E-state index contributed by atoms with van der Waals surface area (Å²) in [6, 6.07) is 7.62. The van der Waals surface area contributed by atoms with E-state index in [1.165, 1.54) is 6.92 Å². The topological polar surface area (TPSA) is 110 Å². The molecule has 0 aliphatic carbocycles. The molecule has 0 bridgehead atoms. The Labute approximate surface area is 139 Å². The van der Waals surface area contributed by atoms with Crippen molar-refractivity contribution in [2.24, 2.45) is 0 Å². The highest BCUT2D eigenvalue weighted by Gasteiger charge is 2.33. The Kier molecular flexibility index (Phi) is 5.28. The van der Waals surface area contributed by atoms with E-state index in [2.05, 4.69) is 20.7 Å². The van der Waals surface area contributed by atoms with Gasteiger partial charge in [0.15, 0.2) is 0 Å². The van der Waals surface area contributed by atoms with Crippen LogP contribution in [0.4, 0.5) is 0 Å². The molecule has 1 unspecified atom stereocenters. The summed E-state index contributed by atoms with van der Waals surface area (Å²) in [6.07, 6.45) is 0.982. The smallest absolute Gasteiger partial charge is 0.329 e. The van der Waals surface area contributed by atoms with Gasteiger partial charge in [0, 0.05) is 5.56 Å². The third-order valence-electron chi connectivity index (χ3n) is 3.68. The summed E-state index contributed by atoms with van der Waals surface area (Å²) in [5.74, 6) is -1.12. The van der Waals surface area contributed by atoms with Crippen LogP contribution in [0.3, 0.4) is 0 Å². The minimum absolute atomic E-state index is 0.189. The van der Waals surface area contributed by atoms with Crippen molar-refractivity contribution in [2.45, 2.75) is 45.7 Å². The van der Waals surface area contributed by atoms with Gasteiger partial charge in [-0.3, -0.25) is 4.79 Å². The molecule has 2 N–H and O–H groups in total. The quantitative estimate of drug-likeness (QED) is 0.794. The molecule has 1 amide bonds. The van der Waals surface area contributed by atoms with E-state index in [-0.39, 0.29) is 6.54 Å². The molecular weight excluding hydrogens is 310 g/mol. The Morgan fingerprint density at radius 1 is 1.29 bits per heavy atom. The Balaban J connectivity index is 2.05. The second-order valence-electron chi connectivity index (χ2n) is 5.94. The summed E-state index contributed by atoms with van der Waals surface area (Å²) in [6.45, 7) is 5.14. The molecular formula is C16H21N5O3. The molecule has 2 aromatic rings. The van der Waals surface area contributed by atoms with Crippen molar-refractivity contribution in [1.29, 1.82) is 0 Å². The molecule has 128 valence electrons. The number of aromatic nitrogens is 4. The number of rotatable bonds is 7. The van der Waals surface area contributed by atoms with Crippen LogP contribution >= 0.6 is 0 Å². The largest absolute Gasteiger partial charge is 0.480 e. The van der Waals surface area contributed by atoms with Crippen LogP contribution < -0.4 is 5.32 Å². The number of carbonyl (C=O) groups excluding carboxylic acids is 1. The van der Waals surface area contributed by atoms with Gasteiger partial charge in [0.2, 0.25) is 11.7 Å². The van der Waals surface area contributed by atoms with E-state index in [9.17, 15) is 14.7 Å². The van der Waals surface area contributed by atoms with E-state index < -0.39 is 17.4 Å². The first kappa shape index (κ1) is 17.6. The number of carbonyl (C=O) groups is 2. The van der Waals surface area contributed by atoms with Crippen LogP contribution in [-0.2, 0) is 16.1 Å². The van der Waals surface area contributed by atoms with Gasteiger partial charge in [0.1, 0.15) is 12.1 Å². The fourth-order valence-corrected chi connectivity index (χ4v) is 2.33. The lowest BCUT2D eigenvalue weighted by atomic mass is 9.96. The molecule has 1 aromatic carbocycles. The van der Waals surface area contributed by atoms with Gasteiger partial charge in [0.25, 0.3) is 0 Å². The van der Waals surface area contributed by atoms with E-state index in [4.69, 9.17) is 0 Å². The molecule has 1 atom stereocenters. The van der Waals surface area contributed by atoms with Crippen LogP contribution in [0.15, 0.2) is 24.3 Å². The molecule has 8 nitrogen and oxygen atoms in total. The zero-order valence-electron chi connectivity index (χ0n) is 14.0. The highest BCUT2D eigenvalue weighted by molar-refractivity contribution is 5.86. The number of hydrogen-bond donors (Lipinski definition) is 2. The number of carboxylic acids is 1. The number of tetrazole rings is 1. The molecule has 0 saturated carbocycles. The van der Waals surface area contributed by atoms with Crippen LogP contribution in [0.2, 0.25) is 0 Å². The van der Waals surface area contributed by atoms with Crippen molar-refractivity contribution < 1.29 is 14.7 Å². The number of carboxylic acid groups (broad SMARTS) is 1. The second-order valence-corrected chi connectivity index (χ2v) is 5.94. The van der Waals surface area contributed by atoms with Gasteiger partial charge in [-0.25, -0.2) is 4.79 Å². The molecule has 0 saturated heterocycles. The van der Waals surface area contributed by atoms with Crippen molar-refractivity contribution in [3.63, 3.8) is 0 Å². The summed E-state index contributed by atoms with van der Waals surface area (Å²) in [5, 5.41) is 23.7. The Bertz CT molecular complexity index is 726. The van der Waals surface area contributed by atoms with Crippen molar-refractivity contribution in [3.05, 3.63) is 29.8 Å². The average molecular weight is 331 g/mol. The number of nitrogens with one attached hydrogen (secondary N) is 1. The molecule has 24 heavy (non-hydrogen) atoms. The van der Waals surface area contributed by atoms with Crippen molar-refractivity contribution in [3.8, 4) is 11.4 Å². The third-order valence-corrected chi connectivity index (χ3v) is 3.68. The van der Waals surface area contributed by atoms with Gasteiger partial charge in [0.05, 0.1) is 0 Å². The number of amides is 1. The third kappa shape index (κ3) is 4.15. The van der Waals surface area contributed by atoms with Gasteiger partial charge in [-0.2, -0.15) is 4.80 Å². The number of hydrogen-bond acceptors (Lipinski definition) is 5. The minimum Gasteiger partial charge on any atom is -0.480 e. The first-order valence-corrected chi connectivity index (χ1v) is 7.73. The molecule has 0 radical (unpaired) electrons. The maximum Gasteiger partial charge on any atom is 0.329 e. The molecule has 0 fully saturated rings. The van der Waals surface area contributed by atoms with Crippen molar-refractivity contribution >= 4 is 11.9 Å². The normalized spacial score (nSPS) is 13.3. The number of aryl methyl sites for hydroxylation is 1. The van der Waals surface area contributed by atoms with Gasteiger partial charge < -0.3 is 10.4 Å². The molecule has 0 aliphatic rings. The Morgan fingerprint density at radius 2 is 1.96 bits per heavy atom. The van der Waals surface area contributed by atoms with Crippen LogP contribution in [0, 0.1) is 6.92 Å². The standard InChI is InChI=1S/C16H21N5O3/c1-4-9-16(3,15(23)24)17-13(22)10-21-19-14(18-20-21)12-7-5-11(2)6-8-12/h5-8H,4,9-10H2,1-3H3,(H,17,22)(H,23,24). The second kappa shape index (κ2) is 7.20. The van der Waals surface area contributed by atoms with Gasteiger partial charge in [-0.1, -0.05) is 43.2 Å². The van der Waals surface area contributed by atoms with E-state index >= 15 is 0 Å². The average Bonchev–Trinajstić information content (AvgIpc) is 2.96. The Morgan fingerprint density at radius 3 is 2.54 bits per heavy atom. The molecule has 1 heterocycles. The summed E-state index contributed by atoms with van der Waals surface area (Å²) in [4.78, 5) is 24.6. The fraction of sp³-hybridized carbons (Fsp3) is 0.438. The summed E-state index contributed by atoms with van der Waals surface area (Å²) in [5.41, 5.74) is 0.620. The van der Waals surface area contributed by atoms with Gasteiger partial charge >= 0.3 is 5.97 Å². The van der Waals surface area contributed by atoms with E-state index in [0.717, 1.165) is 15.9 Å². The molecule has 0 aliphatic heterocycles. The zero-order valence-corrected chi connectivity index (χ0v) is 14.0. The zero-order chi connectivity index (χ0) is 17.7. The summed E-state index contributed by atoms with van der Waals surface area (Å²) in [7, 11) is 0. The summed E-state index contributed by atoms with van der Waals surface area (Å²) >= 11 is 0. The predicted octanol–water partition coefficient (Wildman–Crippen LogP) is 1.41. The van der Waals surface area contributed by atoms with Gasteiger partial charge in [-0.05, 0) is 25.5 Å². The van der Waals surface area contributed by atoms with Crippen molar-refractivity contribution in [1.82, 2.24) is 25.5 Å². The van der Waals surface area contributed by atoms with Crippen LogP contribution in [0.1, 0.15) is 32.3 Å². The molecule has 2 rings (SSSR count). The lowest BCUT2D eigenvalue weighted by Crippen LogP contribution is -2.53. The van der Waals surface area contributed by atoms with Gasteiger partial charge in [-0.15, -0.1) is 10.2 Å². The van der Waals surface area contributed by atoms with Crippen LogP contribution in [0.5, 0.6) is 0 Å². The Hall–Kier alpha value is -2.77. The molecule has 0 spiro atoms. The molecule has 8 heteroatoms. The molecule has 1 aromatic heterocycles. The van der Waals surface area contributed by atoms with E-state index in [0.29, 0.717) is 18.7 Å². The lowest BCUT2D eigenvalue weighted by Gasteiger charge is -2.25. The predicted molar refractivity (Wildman–Crippen MR) is 87.1 cm³/mol. The SMILES string of the molecule is CCCC(C)(NC(=O)Cn1nnc(-c2ccc(C)cc2)n1)C(=O)O. The minimum atomic E-state index is -1.30. The van der Waals surface area contributed by atoms with E-state index in [1.54, 1.807) is 0 Å². The number of benzene rings is 1. The number of aliphatic carboxylic acids is 1. The van der Waals surface area contributed by atoms with Crippen LogP contribution in [0.25, 0.3) is 11.4 Å². The first-order valence-electron chi connectivity index (χ1n) is 7.73. The van der Waals surface area contributed by atoms with Crippen molar-refractivity contribution in [2.75, 3.05) is 0 Å². The van der Waals surface area contributed by atoms with E-state index in [1.807, 2.05) is 38.1 Å². The fourth-order valence-electron chi connectivity index (χ4n) is 2.33. The maximum absolute atomic E-state index is 12.1. The lowest BCUT2D eigenvalue weighted by molar-refractivity contribution is -0.147. The highest BCUT2D eigenvalue weighted by atomic mass is 16.4. The summed E-state index contributed by atoms with van der Waals surface area (Å²) < 4.78 is 0.